The maximum atomic E-state index is 9.20. The van der Waals surface area contributed by atoms with E-state index in [1.54, 1.807) is 6.92 Å². The number of rotatable bonds is 4. The highest BCUT2D eigenvalue weighted by atomic mass is 16.5. The molecular weight excluding hydrogens is 200 g/mol. The largest absolute Gasteiger partial charge is 0.393 e. The van der Waals surface area contributed by atoms with Crippen LogP contribution in [0, 0.1) is 0 Å². The van der Waals surface area contributed by atoms with Gasteiger partial charge >= 0.3 is 0 Å². The third-order valence-electron chi connectivity index (χ3n) is 3.17. The quantitative estimate of drug-likeness (QED) is 0.845. The smallest absolute Gasteiger partial charge is 0.0827 e. The fourth-order valence-electron chi connectivity index (χ4n) is 2.26. The highest BCUT2D eigenvalue weighted by Gasteiger charge is 2.19. The molecule has 2 rings (SSSR count). The lowest BCUT2D eigenvalue weighted by Crippen LogP contribution is -2.15. The molecule has 0 saturated carbocycles. The van der Waals surface area contributed by atoms with Crippen LogP contribution in [0.25, 0.3) is 0 Å². The van der Waals surface area contributed by atoms with Crippen molar-refractivity contribution in [3.8, 4) is 0 Å². The number of aryl methyl sites for hydroxylation is 1. The Labute approximate surface area is 97.3 Å². The molecule has 0 spiro atoms. The molecule has 1 aliphatic rings. The van der Waals surface area contributed by atoms with Crippen molar-refractivity contribution in [1.82, 2.24) is 0 Å². The van der Waals surface area contributed by atoms with Crippen molar-refractivity contribution in [2.24, 2.45) is 0 Å². The van der Waals surface area contributed by atoms with E-state index >= 15 is 0 Å². The lowest BCUT2D eigenvalue weighted by molar-refractivity contribution is 0.0213. The van der Waals surface area contributed by atoms with Crippen LogP contribution in [-0.2, 0) is 11.2 Å². The molecule has 0 amide bonds. The van der Waals surface area contributed by atoms with Gasteiger partial charge in [0.15, 0.2) is 0 Å². The highest BCUT2D eigenvalue weighted by molar-refractivity contribution is 5.31. The van der Waals surface area contributed by atoms with E-state index in [4.69, 9.17) is 4.74 Å². The van der Waals surface area contributed by atoms with E-state index < -0.39 is 0 Å². The predicted molar refractivity (Wildman–Crippen MR) is 64.4 cm³/mol. The molecule has 16 heavy (non-hydrogen) atoms. The van der Waals surface area contributed by atoms with Gasteiger partial charge in [0.2, 0.25) is 0 Å². The van der Waals surface area contributed by atoms with E-state index in [1.807, 2.05) is 0 Å². The van der Waals surface area contributed by atoms with Gasteiger partial charge in [0.25, 0.3) is 0 Å². The second kappa shape index (κ2) is 5.46. The molecule has 1 aromatic carbocycles. The molecule has 0 aromatic heterocycles. The first-order chi connectivity index (χ1) is 7.77. The third kappa shape index (κ3) is 2.83. The standard InChI is InChI=1S/C14H20O2/c1-11(15)9-10-16-14-8-4-6-12-5-2-3-7-13(12)14/h2-3,5,7,11,14-15H,4,6,8-10H2,1H3. The SMILES string of the molecule is CC(O)CCOC1CCCc2ccccc21. The molecule has 0 aliphatic heterocycles. The van der Waals surface area contributed by atoms with E-state index in [0.717, 1.165) is 12.8 Å². The molecule has 0 fully saturated rings. The summed E-state index contributed by atoms with van der Waals surface area (Å²) in [6.07, 6.45) is 4.18. The summed E-state index contributed by atoms with van der Waals surface area (Å²) in [5.41, 5.74) is 2.77. The van der Waals surface area contributed by atoms with Crippen LogP contribution in [-0.4, -0.2) is 17.8 Å². The zero-order valence-corrected chi connectivity index (χ0v) is 9.86. The molecule has 2 atom stereocenters. The summed E-state index contributed by atoms with van der Waals surface area (Å²) in [4.78, 5) is 0. The van der Waals surface area contributed by atoms with E-state index in [-0.39, 0.29) is 12.2 Å². The van der Waals surface area contributed by atoms with E-state index in [9.17, 15) is 5.11 Å². The van der Waals surface area contributed by atoms with Crippen molar-refractivity contribution in [3.63, 3.8) is 0 Å². The van der Waals surface area contributed by atoms with Crippen molar-refractivity contribution in [1.29, 1.82) is 0 Å². The molecule has 1 N–H and O–H groups in total. The summed E-state index contributed by atoms with van der Waals surface area (Å²) in [5.74, 6) is 0. The molecule has 0 radical (unpaired) electrons. The van der Waals surface area contributed by atoms with Crippen molar-refractivity contribution in [2.75, 3.05) is 6.61 Å². The number of hydrogen-bond acceptors (Lipinski definition) is 2. The summed E-state index contributed by atoms with van der Waals surface area (Å²) < 4.78 is 5.86. The second-order valence-electron chi connectivity index (χ2n) is 4.59. The van der Waals surface area contributed by atoms with E-state index in [0.29, 0.717) is 6.61 Å². The molecular formula is C14H20O2. The van der Waals surface area contributed by atoms with E-state index in [2.05, 4.69) is 24.3 Å². The minimum absolute atomic E-state index is 0.240. The Morgan fingerprint density at radius 2 is 2.25 bits per heavy atom. The molecule has 0 heterocycles. The van der Waals surface area contributed by atoms with Gasteiger partial charge in [-0.1, -0.05) is 24.3 Å². The van der Waals surface area contributed by atoms with Gasteiger partial charge in [-0.15, -0.1) is 0 Å². The molecule has 2 unspecified atom stereocenters. The monoisotopic (exact) mass is 220 g/mol. The Bertz CT molecular complexity index is 333. The number of benzene rings is 1. The van der Waals surface area contributed by atoms with Crippen molar-refractivity contribution in [2.45, 2.75) is 44.8 Å². The number of fused-ring (bicyclic) bond motifs is 1. The summed E-state index contributed by atoms with van der Waals surface area (Å²) >= 11 is 0. The molecule has 2 heteroatoms. The number of aliphatic hydroxyl groups excluding tert-OH is 1. The zero-order chi connectivity index (χ0) is 11.4. The maximum absolute atomic E-state index is 9.20. The first-order valence-electron chi connectivity index (χ1n) is 6.15. The summed E-state index contributed by atoms with van der Waals surface area (Å²) in [6, 6.07) is 8.53. The number of hydrogen-bond donors (Lipinski definition) is 1. The van der Waals surface area contributed by atoms with Crippen molar-refractivity contribution in [3.05, 3.63) is 35.4 Å². The lowest BCUT2D eigenvalue weighted by Gasteiger charge is -2.25. The summed E-state index contributed by atoms with van der Waals surface area (Å²) in [5, 5.41) is 9.20. The van der Waals surface area contributed by atoms with E-state index in [1.165, 1.54) is 24.0 Å². The Hall–Kier alpha value is -0.860. The van der Waals surface area contributed by atoms with Crippen LogP contribution in [0.5, 0.6) is 0 Å². The third-order valence-corrected chi connectivity index (χ3v) is 3.17. The lowest BCUT2D eigenvalue weighted by atomic mass is 9.89. The molecule has 1 aliphatic carbocycles. The van der Waals surface area contributed by atoms with Crippen LogP contribution in [0.1, 0.15) is 43.4 Å². The van der Waals surface area contributed by atoms with Crippen LogP contribution in [0.15, 0.2) is 24.3 Å². The summed E-state index contributed by atoms with van der Waals surface area (Å²) in [6.45, 7) is 2.45. The van der Waals surface area contributed by atoms with Crippen molar-refractivity contribution < 1.29 is 9.84 Å². The Balaban J connectivity index is 1.96. The molecule has 2 nitrogen and oxygen atoms in total. The number of ether oxygens (including phenoxy) is 1. The van der Waals surface area contributed by atoms with Gasteiger partial charge in [0.1, 0.15) is 0 Å². The summed E-state index contributed by atoms with van der Waals surface area (Å²) in [7, 11) is 0. The van der Waals surface area contributed by atoms with Gasteiger partial charge in [0.05, 0.1) is 12.2 Å². The molecule has 0 saturated heterocycles. The van der Waals surface area contributed by atoms with Crippen LogP contribution in [0.3, 0.4) is 0 Å². The van der Waals surface area contributed by atoms with Gasteiger partial charge in [-0.25, -0.2) is 0 Å². The van der Waals surface area contributed by atoms with Crippen LogP contribution in [0.4, 0.5) is 0 Å². The Kier molecular flexibility index (Phi) is 3.97. The van der Waals surface area contributed by atoms with Gasteiger partial charge in [0, 0.05) is 6.61 Å². The highest BCUT2D eigenvalue weighted by Crippen LogP contribution is 2.32. The first-order valence-corrected chi connectivity index (χ1v) is 6.15. The zero-order valence-electron chi connectivity index (χ0n) is 9.86. The Morgan fingerprint density at radius 3 is 3.06 bits per heavy atom. The topological polar surface area (TPSA) is 29.5 Å². The molecule has 0 bridgehead atoms. The normalized spacial score (nSPS) is 21.5. The van der Waals surface area contributed by atoms with Gasteiger partial charge in [-0.2, -0.15) is 0 Å². The minimum atomic E-state index is -0.265. The van der Waals surface area contributed by atoms with Gasteiger partial charge in [-0.05, 0) is 43.7 Å². The van der Waals surface area contributed by atoms with Gasteiger partial charge < -0.3 is 9.84 Å². The average molecular weight is 220 g/mol. The predicted octanol–water partition coefficient (Wildman–Crippen LogP) is 2.85. The maximum Gasteiger partial charge on any atom is 0.0827 e. The first kappa shape index (κ1) is 11.6. The minimum Gasteiger partial charge on any atom is -0.393 e. The van der Waals surface area contributed by atoms with Crippen LogP contribution < -0.4 is 0 Å². The van der Waals surface area contributed by atoms with Gasteiger partial charge in [-0.3, -0.25) is 0 Å². The fourth-order valence-corrected chi connectivity index (χ4v) is 2.26. The average Bonchev–Trinajstić information content (AvgIpc) is 2.29. The molecule has 88 valence electrons. The molecule has 1 aromatic rings. The number of aliphatic hydroxyl groups is 1. The Morgan fingerprint density at radius 1 is 1.44 bits per heavy atom. The second-order valence-corrected chi connectivity index (χ2v) is 4.59. The fraction of sp³-hybridized carbons (Fsp3) is 0.571. The van der Waals surface area contributed by atoms with Crippen molar-refractivity contribution >= 4 is 0 Å². The van der Waals surface area contributed by atoms with Crippen LogP contribution in [0.2, 0.25) is 0 Å². The van der Waals surface area contributed by atoms with Crippen LogP contribution >= 0.6 is 0 Å².